The normalized spacial score (nSPS) is 12.9. The third-order valence-corrected chi connectivity index (χ3v) is 2.77. The molecule has 4 heteroatoms. The summed E-state index contributed by atoms with van der Waals surface area (Å²) in [6.45, 7) is 0.497. The molecule has 0 aliphatic carbocycles. The number of rotatable bonds is 3. The van der Waals surface area contributed by atoms with Crippen molar-refractivity contribution in [3.05, 3.63) is 33.8 Å². The Bertz CT molecular complexity index is 285. The van der Waals surface area contributed by atoms with E-state index in [1.165, 1.54) is 0 Å². The van der Waals surface area contributed by atoms with Crippen LogP contribution in [0.5, 0.6) is 0 Å². The fraction of sp³-hybridized carbons (Fsp3) is 0.333. The average Bonchev–Trinajstić information content (AvgIpc) is 2.14. The topological polar surface area (TPSA) is 38.0 Å². The van der Waals surface area contributed by atoms with Gasteiger partial charge in [0.15, 0.2) is 0 Å². The van der Waals surface area contributed by atoms with Gasteiger partial charge in [-0.25, -0.2) is 0 Å². The zero-order valence-electron chi connectivity index (χ0n) is 7.35. The van der Waals surface area contributed by atoms with Crippen LogP contribution in [0.1, 0.15) is 11.6 Å². The van der Waals surface area contributed by atoms with Gasteiger partial charge in [0, 0.05) is 12.6 Å². The van der Waals surface area contributed by atoms with Crippen LogP contribution in [0.25, 0.3) is 0 Å². The number of hydrogen-bond donors (Lipinski definition) is 2. The standard InChI is InChI=1S/C9H12Cl2N2/c1-13-8(5-12)6-3-2-4-7(10)9(6)11/h2-4,8,13H,5,12H2,1H3. The molecule has 0 aromatic heterocycles. The van der Waals surface area contributed by atoms with Gasteiger partial charge in [-0.15, -0.1) is 0 Å². The lowest BCUT2D eigenvalue weighted by molar-refractivity contribution is 0.606. The van der Waals surface area contributed by atoms with Gasteiger partial charge in [-0.1, -0.05) is 35.3 Å². The molecule has 0 spiro atoms. The molecule has 1 unspecified atom stereocenters. The van der Waals surface area contributed by atoms with Crippen molar-refractivity contribution in [2.75, 3.05) is 13.6 Å². The predicted octanol–water partition coefficient (Wildman–Crippen LogP) is 2.21. The Hall–Kier alpha value is -0.280. The summed E-state index contributed by atoms with van der Waals surface area (Å²) in [6, 6.07) is 5.61. The van der Waals surface area contributed by atoms with Crippen LogP contribution in [0.3, 0.4) is 0 Å². The summed E-state index contributed by atoms with van der Waals surface area (Å²) in [4.78, 5) is 0. The second kappa shape index (κ2) is 4.82. The molecule has 0 bridgehead atoms. The van der Waals surface area contributed by atoms with E-state index in [0.29, 0.717) is 16.6 Å². The molecule has 0 saturated carbocycles. The van der Waals surface area contributed by atoms with Gasteiger partial charge in [-0.2, -0.15) is 0 Å². The van der Waals surface area contributed by atoms with Crippen molar-refractivity contribution < 1.29 is 0 Å². The fourth-order valence-corrected chi connectivity index (χ4v) is 1.63. The van der Waals surface area contributed by atoms with Gasteiger partial charge in [0.1, 0.15) is 0 Å². The van der Waals surface area contributed by atoms with Crippen LogP contribution in [0.4, 0.5) is 0 Å². The van der Waals surface area contributed by atoms with Crippen LogP contribution >= 0.6 is 23.2 Å². The highest BCUT2D eigenvalue weighted by molar-refractivity contribution is 6.42. The van der Waals surface area contributed by atoms with E-state index in [1.54, 1.807) is 6.07 Å². The van der Waals surface area contributed by atoms with Crippen molar-refractivity contribution >= 4 is 23.2 Å². The number of benzene rings is 1. The highest BCUT2D eigenvalue weighted by atomic mass is 35.5. The lowest BCUT2D eigenvalue weighted by atomic mass is 10.1. The van der Waals surface area contributed by atoms with Crippen LogP contribution in [0, 0.1) is 0 Å². The van der Waals surface area contributed by atoms with Gasteiger partial charge in [-0.3, -0.25) is 0 Å². The first-order valence-corrected chi connectivity index (χ1v) is 4.77. The second-order valence-electron chi connectivity index (χ2n) is 2.72. The molecule has 0 heterocycles. The van der Waals surface area contributed by atoms with Crippen molar-refractivity contribution in [3.63, 3.8) is 0 Å². The van der Waals surface area contributed by atoms with Crippen molar-refractivity contribution in [2.45, 2.75) is 6.04 Å². The number of nitrogens with two attached hydrogens (primary N) is 1. The van der Waals surface area contributed by atoms with Crippen LogP contribution < -0.4 is 11.1 Å². The Kier molecular flexibility index (Phi) is 4.00. The van der Waals surface area contributed by atoms with Crippen LogP contribution in [-0.4, -0.2) is 13.6 Å². The quantitative estimate of drug-likeness (QED) is 0.817. The zero-order valence-corrected chi connectivity index (χ0v) is 8.86. The van der Waals surface area contributed by atoms with E-state index >= 15 is 0 Å². The molecular formula is C9H12Cl2N2. The fourth-order valence-electron chi connectivity index (χ4n) is 1.19. The van der Waals surface area contributed by atoms with Gasteiger partial charge in [0.05, 0.1) is 10.0 Å². The summed E-state index contributed by atoms with van der Waals surface area (Å²) in [5.41, 5.74) is 6.51. The van der Waals surface area contributed by atoms with E-state index in [9.17, 15) is 0 Å². The summed E-state index contributed by atoms with van der Waals surface area (Å²) in [5.74, 6) is 0. The third-order valence-electron chi connectivity index (χ3n) is 1.94. The SMILES string of the molecule is CNC(CN)c1cccc(Cl)c1Cl. The van der Waals surface area contributed by atoms with Crippen molar-refractivity contribution in [2.24, 2.45) is 5.73 Å². The molecule has 72 valence electrons. The summed E-state index contributed by atoms with van der Waals surface area (Å²) >= 11 is 11.9. The minimum atomic E-state index is 0.0613. The number of hydrogen-bond acceptors (Lipinski definition) is 2. The molecule has 0 fully saturated rings. The molecule has 13 heavy (non-hydrogen) atoms. The van der Waals surface area contributed by atoms with Crippen molar-refractivity contribution in [1.29, 1.82) is 0 Å². The second-order valence-corrected chi connectivity index (χ2v) is 3.51. The molecule has 0 aliphatic heterocycles. The highest BCUT2D eigenvalue weighted by Gasteiger charge is 2.12. The van der Waals surface area contributed by atoms with E-state index in [1.807, 2.05) is 19.2 Å². The highest BCUT2D eigenvalue weighted by Crippen LogP contribution is 2.29. The number of likely N-dealkylation sites (N-methyl/N-ethyl adjacent to an activating group) is 1. The van der Waals surface area contributed by atoms with Crippen LogP contribution in [-0.2, 0) is 0 Å². The Morgan fingerprint density at radius 3 is 2.69 bits per heavy atom. The Morgan fingerprint density at radius 2 is 2.15 bits per heavy atom. The van der Waals surface area contributed by atoms with E-state index < -0.39 is 0 Å². The molecule has 1 atom stereocenters. The molecule has 0 saturated heterocycles. The first kappa shape index (κ1) is 10.8. The number of nitrogens with one attached hydrogen (secondary N) is 1. The molecule has 3 N–H and O–H groups in total. The van der Waals surface area contributed by atoms with E-state index in [2.05, 4.69) is 5.32 Å². The molecule has 2 nitrogen and oxygen atoms in total. The van der Waals surface area contributed by atoms with Gasteiger partial charge >= 0.3 is 0 Å². The van der Waals surface area contributed by atoms with E-state index in [-0.39, 0.29) is 6.04 Å². The van der Waals surface area contributed by atoms with Gasteiger partial charge in [-0.05, 0) is 18.7 Å². The first-order valence-electron chi connectivity index (χ1n) is 4.02. The maximum absolute atomic E-state index is 6.02. The van der Waals surface area contributed by atoms with Crippen LogP contribution in [0.2, 0.25) is 10.0 Å². The Morgan fingerprint density at radius 1 is 1.46 bits per heavy atom. The maximum atomic E-state index is 6.02. The van der Waals surface area contributed by atoms with Crippen molar-refractivity contribution in [3.8, 4) is 0 Å². The molecule has 0 radical (unpaired) electrons. The largest absolute Gasteiger partial charge is 0.329 e. The minimum Gasteiger partial charge on any atom is -0.329 e. The molecular weight excluding hydrogens is 207 g/mol. The van der Waals surface area contributed by atoms with E-state index in [0.717, 1.165) is 5.56 Å². The van der Waals surface area contributed by atoms with Gasteiger partial charge in [0.2, 0.25) is 0 Å². The number of halogens is 2. The Balaban J connectivity index is 3.05. The third kappa shape index (κ3) is 2.35. The van der Waals surface area contributed by atoms with E-state index in [4.69, 9.17) is 28.9 Å². The first-order chi connectivity index (χ1) is 6.20. The molecule has 0 amide bonds. The van der Waals surface area contributed by atoms with Gasteiger partial charge in [0.25, 0.3) is 0 Å². The predicted molar refractivity (Wildman–Crippen MR) is 57.3 cm³/mol. The van der Waals surface area contributed by atoms with Crippen molar-refractivity contribution in [1.82, 2.24) is 5.32 Å². The summed E-state index contributed by atoms with van der Waals surface area (Å²) < 4.78 is 0. The Labute approximate surface area is 88.0 Å². The summed E-state index contributed by atoms with van der Waals surface area (Å²) in [6.07, 6.45) is 0. The minimum absolute atomic E-state index is 0.0613. The summed E-state index contributed by atoms with van der Waals surface area (Å²) in [5, 5.41) is 4.21. The molecule has 1 aromatic carbocycles. The maximum Gasteiger partial charge on any atom is 0.0640 e. The van der Waals surface area contributed by atoms with Gasteiger partial charge < -0.3 is 11.1 Å². The molecule has 1 aromatic rings. The summed E-state index contributed by atoms with van der Waals surface area (Å²) in [7, 11) is 1.84. The molecule has 0 aliphatic rings. The molecule has 1 rings (SSSR count). The van der Waals surface area contributed by atoms with Crippen LogP contribution in [0.15, 0.2) is 18.2 Å². The lowest BCUT2D eigenvalue weighted by Gasteiger charge is -2.15. The zero-order chi connectivity index (χ0) is 9.84. The lowest BCUT2D eigenvalue weighted by Crippen LogP contribution is -2.25. The smallest absolute Gasteiger partial charge is 0.0640 e. The monoisotopic (exact) mass is 218 g/mol. The average molecular weight is 219 g/mol.